The van der Waals surface area contributed by atoms with Crippen LogP contribution in [0.2, 0.25) is 5.02 Å². The Morgan fingerprint density at radius 2 is 2.15 bits per heavy atom. The Morgan fingerprint density at radius 1 is 1.35 bits per heavy atom. The molecule has 1 aliphatic rings. The number of carbonyl (C=O) groups is 1. The minimum absolute atomic E-state index is 0.0189. The molecule has 2 heterocycles. The van der Waals surface area contributed by atoms with Crippen LogP contribution < -0.4 is 0 Å². The molecule has 4 nitrogen and oxygen atoms in total. The average Bonchev–Trinajstić information content (AvgIpc) is 2.77. The number of methoxy groups -OCH3 is 1. The fourth-order valence-electron chi connectivity index (χ4n) is 2.59. The topological polar surface area (TPSA) is 34.5 Å². The predicted molar refractivity (Wildman–Crippen MR) is 77.3 cm³/mol. The van der Waals surface area contributed by atoms with Crippen molar-refractivity contribution in [2.45, 2.75) is 13.2 Å². The highest BCUT2D eigenvalue weighted by atomic mass is 35.5. The van der Waals surface area contributed by atoms with Gasteiger partial charge >= 0.3 is 0 Å². The molecule has 0 fully saturated rings. The lowest BCUT2D eigenvalue weighted by Gasteiger charge is -2.15. The Bertz CT molecular complexity index is 679. The molecular weight excluding hydrogens is 276 g/mol. The van der Waals surface area contributed by atoms with E-state index < -0.39 is 0 Å². The highest BCUT2D eigenvalue weighted by molar-refractivity contribution is 6.31. The number of hydrogen-bond acceptors (Lipinski definition) is 2. The monoisotopic (exact) mass is 290 g/mol. The van der Waals surface area contributed by atoms with Crippen LogP contribution in [0.4, 0.5) is 0 Å². The molecule has 1 aromatic carbocycles. The van der Waals surface area contributed by atoms with Gasteiger partial charge in [-0.1, -0.05) is 11.6 Å². The van der Waals surface area contributed by atoms with Crippen LogP contribution in [0.15, 0.2) is 30.5 Å². The first-order chi connectivity index (χ1) is 9.61. The van der Waals surface area contributed by atoms with Gasteiger partial charge in [-0.05, 0) is 24.3 Å². The van der Waals surface area contributed by atoms with E-state index in [4.69, 9.17) is 16.3 Å². The summed E-state index contributed by atoms with van der Waals surface area (Å²) in [6.07, 6.45) is 1.98. The Hall–Kier alpha value is -1.78. The normalized spacial score (nSPS) is 13.9. The number of rotatable bonds is 2. The molecule has 104 valence electrons. The quantitative estimate of drug-likeness (QED) is 0.852. The van der Waals surface area contributed by atoms with Crippen LogP contribution in [0.25, 0.3) is 5.69 Å². The van der Waals surface area contributed by atoms with Gasteiger partial charge in [-0.25, -0.2) is 0 Å². The second kappa shape index (κ2) is 4.96. The van der Waals surface area contributed by atoms with E-state index in [0.29, 0.717) is 23.7 Å². The number of hydrogen-bond donors (Lipinski definition) is 0. The lowest BCUT2D eigenvalue weighted by molar-refractivity contribution is 0.0786. The summed E-state index contributed by atoms with van der Waals surface area (Å²) in [6, 6.07) is 7.44. The van der Waals surface area contributed by atoms with E-state index in [1.807, 2.05) is 22.9 Å². The highest BCUT2D eigenvalue weighted by Crippen LogP contribution is 2.28. The number of ether oxygens (including phenoxy) is 1. The van der Waals surface area contributed by atoms with E-state index in [-0.39, 0.29) is 5.91 Å². The molecule has 0 saturated carbocycles. The molecule has 2 aromatic rings. The summed E-state index contributed by atoms with van der Waals surface area (Å²) in [4.78, 5) is 14.1. The zero-order valence-electron chi connectivity index (χ0n) is 11.4. The van der Waals surface area contributed by atoms with Crippen LogP contribution in [0.5, 0.6) is 0 Å². The van der Waals surface area contributed by atoms with E-state index in [9.17, 15) is 4.79 Å². The average molecular weight is 291 g/mol. The number of carbonyl (C=O) groups excluding carboxylic acids is 1. The van der Waals surface area contributed by atoms with Crippen LogP contribution in [-0.2, 0) is 17.9 Å². The third-order valence-electron chi connectivity index (χ3n) is 3.57. The molecule has 0 radical (unpaired) electrons. The van der Waals surface area contributed by atoms with Gasteiger partial charge in [0.1, 0.15) is 0 Å². The maximum atomic E-state index is 12.4. The fourth-order valence-corrected chi connectivity index (χ4v) is 2.76. The number of fused-ring (bicyclic) bond motifs is 3. The molecule has 1 aromatic heterocycles. The number of amides is 1. The number of nitrogens with zero attached hydrogens (tertiary/aromatic N) is 2. The largest absolute Gasteiger partial charge is 0.380 e. The summed E-state index contributed by atoms with van der Waals surface area (Å²) in [5, 5.41) is 0.568. The zero-order chi connectivity index (χ0) is 14.3. The van der Waals surface area contributed by atoms with E-state index in [1.54, 1.807) is 31.2 Å². The van der Waals surface area contributed by atoms with Crippen LogP contribution in [0.3, 0.4) is 0 Å². The van der Waals surface area contributed by atoms with Gasteiger partial charge in [0, 0.05) is 36.6 Å². The van der Waals surface area contributed by atoms with Gasteiger partial charge in [0.15, 0.2) is 0 Å². The second-order valence-electron chi connectivity index (χ2n) is 4.91. The van der Waals surface area contributed by atoms with E-state index in [0.717, 1.165) is 16.9 Å². The maximum absolute atomic E-state index is 12.4. The summed E-state index contributed by atoms with van der Waals surface area (Å²) in [5.74, 6) is -0.0189. The Morgan fingerprint density at radius 3 is 2.90 bits per heavy atom. The Kier molecular flexibility index (Phi) is 3.28. The minimum atomic E-state index is -0.0189. The number of aromatic nitrogens is 1. The van der Waals surface area contributed by atoms with Gasteiger partial charge in [0.2, 0.25) is 0 Å². The zero-order valence-corrected chi connectivity index (χ0v) is 12.1. The smallest absolute Gasteiger partial charge is 0.256 e. The van der Waals surface area contributed by atoms with Crippen molar-refractivity contribution >= 4 is 17.5 Å². The third kappa shape index (κ3) is 2.01. The van der Waals surface area contributed by atoms with Crippen LogP contribution in [-0.4, -0.2) is 29.5 Å². The Balaban J connectivity index is 2.23. The number of benzene rings is 1. The summed E-state index contributed by atoms with van der Waals surface area (Å²) in [7, 11) is 3.47. The van der Waals surface area contributed by atoms with Crippen LogP contribution in [0, 0.1) is 0 Å². The minimum Gasteiger partial charge on any atom is -0.380 e. The highest BCUT2D eigenvalue weighted by Gasteiger charge is 2.25. The molecular formula is C15H15ClN2O2. The molecule has 0 spiro atoms. The van der Waals surface area contributed by atoms with Gasteiger partial charge in [-0.2, -0.15) is 0 Å². The standard InChI is InChI=1S/C15H15ClN2O2/c1-17-8-14-10(9-20-2)5-6-18(14)13-4-3-11(16)7-12(13)15(17)19/h3-7H,8-9H2,1-2H3. The third-order valence-corrected chi connectivity index (χ3v) is 3.80. The molecule has 0 unspecified atom stereocenters. The van der Waals surface area contributed by atoms with Crippen molar-refractivity contribution in [3.05, 3.63) is 52.3 Å². The van der Waals surface area contributed by atoms with Gasteiger partial charge in [0.05, 0.1) is 24.4 Å². The molecule has 1 amide bonds. The SMILES string of the molecule is COCc1ccn2c1CN(C)C(=O)c1cc(Cl)ccc1-2. The van der Waals surface area contributed by atoms with Crippen LogP contribution in [0.1, 0.15) is 21.6 Å². The molecule has 20 heavy (non-hydrogen) atoms. The van der Waals surface area contributed by atoms with Crippen molar-refractivity contribution in [3.8, 4) is 5.69 Å². The first-order valence-corrected chi connectivity index (χ1v) is 6.73. The van der Waals surface area contributed by atoms with E-state index in [1.165, 1.54) is 0 Å². The van der Waals surface area contributed by atoms with E-state index in [2.05, 4.69) is 0 Å². The summed E-state index contributed by atoms with van der Waals surface area (Å²) >= 11 is 6.02. The molecule has 5 heteroatoms. The fraction of sp³-hybridized carbons (Fsp3) is 0.267. The molecule has 0 N–H and O–H groups in total. The molecule has 0 bridgehead atoms. The van der Waals surface area contributed by atoms with Crippen molar-refractivity contribution in [1.29, 1.82) is 0 Å². The predicted octanol–water partition coefficient (Wildman–Crippen LogP) is 2.86. The first-order valence-electron chi connectivity index (χ1n) is 6.35. The van der Waals surface area contributed by atoms with Crippen molar-refractivity contribution in [2.75, 3.05) is 14.2 Å². The van der Waals surface area contributed by atoms with Crippen LogP contribution >= 0.6 is 11.6 Å². The molecule has 0 aliphatic carbocycles. The van der Waals surface area contributed by atoms with Gasteiger partial charge in [-0.3, -0.25) is 4.79 Å². The van der Waals surface area contributed by atoms with Gasteiger partial charge in [0.25, 0.3) is 5.91 Å². The Labute approximate surface area is 122 Å². The van der Waals surface area contributed by atoms with Crippen molar-refractivity contribution < 1.29 is 9.53 Å². The van der Waals surface area contributed by atoms with Crippen molar-refractivity contribution in [3.63, 3.8) is 0 Å². The lowest BCUT2D eigenvalue weighted by atomic mass is 10.1. The first kappa shape index (κ1) is 13.2. The lowest BCUT2D eigenvalue weighted by Crippen LogP contribution is -2.25. The summed E-state index contributed by atoms with van der Waals surface area (Å²) < 4.78 is 7.27. The summed E-state index contributed by atoms with van der Waals surface area (Å²) in [6.45, 7) is 1.09. The summed E-state index contributed by atoms with van der Waals surface area (Å²) in [5.41, 5.74) is 3.65. The van der Waals surface area contributed by atoms with Crippen molar-refractivity contribution in [1.82, 2.24) is 9.47 Å². The maximum Gasteiger partial charge on any atom is 0.256 e. The molecule has 3 rings (SSSR count). The number of halogens is 1. The van der Waals surface area contributed by atoms with Crippen molar-refractivity contribution in [2.24, 2.45) is 0 Å². The molecule has 0 atom stereocenters. The molecule has 1 aliphatic heterocycles. The van der Waals surface area contributed by atoms with Gasteiger partial charge in [-0.15, -0.1) is 0 Å². The molecule has 0 saturated heterocycles. The van der Waals surface area contributed by atoms with Gasteiger partial charge < -0.3 is 14.2 Å². The second-order valence-corrected chi connectivity index (χ2v) is 5.35. The van der Waals surface area contributed by atoms with E-state index >= 15 is 0 Å².